The minimum Gasteiger partial charge on any atom is -0.305 e. The molecule has 0 amide bonds. The molecule has 8 aromatic rings. The third-order valence-electron chi connectivity index (χ3n) is 9.70. The average Bonchev–Trinajstić information content (AvgIpc) is 3.45. The Bertz CT molecular complexity index is 2390. The number of nitrogens with zero attached hydrogens (tertiary/aromatic N) is 2. The van der Waals surface area contributed by atoms with Crippen molar-refractivity contribution in [3.63, 3.8) is 0 Å². The van der Waals surface area contributed by atoms with Gasteiger partial charge >= 0.3 is 0 Å². The molecule has 0 spiro atoms. The number of aromatic nitrogens is 2. The van der Waals surface area contributed by atoms with Gasteiger partial charge in [0.2, 0.25) is 0 Å². The summed E-state index contributed by atoms with van der Waals surface area (Å²) < 4.78 is 0. The van der Waals surface area contributed by atoms with Crippen molar-refractivity contribution in [2.75, 3.05) is 0 Å². The molecule has 6 aromatic carbocycles. The molecule has 0 aliphatic carbocycles. The van der Waals surface area contributed by atoms with Crippen molar-refractivity contribution in [2.24, 2.45) is 0 Å². The fourth-order valence-electron chi connectivity index (χ4n) is 7.20. The topological polar surface area (TPSA) is 25.8 Å². The van der Waals surface area contributed by atoms with Crippen LogP contribution in [0.4, 0.5) is 0 Å². The van der Waals surface area contributed by atoms with E-state index in [4.69, 9.17) is 0 Å². The van der Waals surface area contributed by atoms with Crippen molar-refractivity contribution >= 4 is 18.4 Å². The maximum atomic E-state index is 4.48. The van der Waals surface area contributed by atoms with Crippen molar-refractivity contribution in [1.82, 2.24) is 9.97 Å². The van der Waals surface area contributed by atoms with Gasteiger partial charge in [-0.15, -0.1) is 71.3 Å². The molecule has 2 aromatic heterocycles. The molecule has 0 fully saturated rings. The Labute approximate surface area is 321 Å². The van der Waals surface area contributed by atoms with Gasteiger partial charge in [-0.3, -0.25) is 0 Å². The fraction of sp³-hybridized carbons (Fsp3) is 0.0417. The maximum Gasteiger partial charge on any atom is 0.114 e. The Morgan fingerprint density at radius 3 is 1.69 bits per heavy atom. The minimum absolute atomic E-state index is 0. The molecule has 0 saturated carbocycles. The summed E-state index contributed by atoms with van der Waals surface area (Å²) in [6.45, 7) is 4.98. The first-order valence-corrected chi connectivity index (χ1v) is 20.3. The first-order valence-electron chi connectivity index (χ1n) is 17.3. The average molecular weight is 861 g/mol. The molecule has 3 heterocycles. The molecule has 253 valence electrons. The van der Waals surface area contributed by atoms with Gasteiger partial charge in [0.1, 0.15) is 8.07 Å². The summed E-state index contributed by atoms with van der Waals surface area (Å²) in [5.41, 5.74) is 14.3. The van der Waals surface area contributed by atoms with E-state index in [1.165, 1.54) is 44.5 Å². The van der Waals surface area contributed by atoms with Gasteiger partial charge in [0.25, 0.3) is 0 Å². The van der Waals surface area contributed by atoms with Gasteiger partial charge in [-0.25, -0.2) is 0 Å². The van der Waals surface area contributed by atoms with E-state index in [0.717, 1.165) is 22.5 Å². The van der Waals surface area contributed by atoms with Crippen LogP contribution in [0.25, 0.3) is 67.0 Å². The maximum absolute atomic E-state index is 4.48. The molecule has 0 atom stereocenters. The van der Waals surface area contributed by atoms with E-state index < -0.39 is 8.07 Å². The zero-order valence-electron chi connectivity index (χ0n) is 29.0. The van der Waals surface area contributed by atoms with E-state index in [1.54, 1.807) is 16.6 Å². The zero-order chi connectivity index (χ0) is 34.6. The predicted octanol–water partition coefficient (Wildman–Crippen LogP) is 10.9. The number of pyridine rings is 2. The molecule has 1 radical (unpaired) electrons. The fourth-order valence-corrected chi connectivity index (χ4v) is 10.7. The van der Waals surface area contributed by atoms with Crippen LogP contribution >= 0.6 is 0 Å². The summed E-state index contributed by atoms with van der Waals surface area (Å²) >= 11 is 0. The number of hydrogen-bond donors (Lipinski definition) is 0. The molecule has 52 heavy (non-hydrogen) atoms. The number of hydrogen-bond acceptors (Lipinski definition) is 2. The summed E-state index contributed by atoms with van der Waals surface area (Å²) in [5.74, 6) is 0. The molecule has 4 heteroatoms. The van der Waals surface area contributed by atoms with Crippen molar-refractivity contribution in [3.8, 4) is 67.0 Å². The minimum atomic E-state index is -1.79. The summed E-state index contributed by atoms with van der Waals surface area (Å²) in [7, 11) is -1.79. The van der Waals surface area contributed by atoms with Crippen LogP contribution in [0.5, 0.6) is 0 Å². The van der Waals surface area contributed by atoms with Gasteiger partial charge in [-0.2, -0.15) is 0 Å². The monoisotopic (exact) mass is 861 g/mol. The van der Waals surface area contributed by atoms with E-state index in [0.29, 0.717) is 0 Å². The van der Waals surface area contributed by atoms with Crippen molar-refractivity contribution in [2.45, 2.75) is 13.1 Å². The molecule has 1 aliphatic rings. The van der Waals surface area contributed by atoms with Gasteiger partial charge in [0.15, 0.2) is 0 Å². The van der Waals surface area contributed by atoms with E-state index in [-0.39, 0.29) is 20.1 Å². The molecule has 1 aliphatic heterocycles. The van der Waals surface area contributed by atoms with Gasteiger partial charge in [0.05, 0.1) is 0 Å². The van der Waals surface area contributed by atoms with Crippen LogP contribution in [-0.4, -0.2) is 18.0 Å². The van der Waals surface area contributed by atoms with Gasteiger partial charge in [0, 0.05) is 32.5 Å². The van der Waals surface area contributed by atoms with Gasteiger partial charge < -0.3 is 9.97 Å². The van der Waals surface area contributed by atoms with Crippen LogP contribution in [0, 0.1) is 12.1 Å². The number of fused-ring (bicyclic) bond motifs is 3. The number of benzene rings is 6. The van der Waals surface area contributed by atoms with E-state index in [2.05, 4.69) is 138 Å². The van der Waals surface area contributed by atoms with Gasteiger partial charge in [-0.1, -0.05) is 122 Å². The molecular weight excluding hydrogens is 825 g/mol. The molecular formula is C48H36IrN2Si-2. The smallest absolute Gasteiger partial charge is 0.114 e. The predicted molar refractivity (Wildman–Crippen MR) is 216 cm³/mol. The van der Waals surface area contributed by atoms with Crippen LogP contribution in [0.15, 0.2) is 182 Å². The largest absolute Gasteiger partial charge is 0.305 e. The van der Waals surface area contributed by atoms with Crippen molar-refractivity contribution in [1.29, 1.82) is 0 Å². The molecule has 2 nitrogen and oxygen atoms in total. The van der Waals surface area contributed by atoms with Crippen LogP contribution in [-0.2, 0) is 20.1 Å². The van der Waals surface area contributed by atoms with Gasteiger partial charge in [-0.05, 0) is 78.9 Å². The van der Waals surface area contributed by atoms with E-state index in [9.17, 15) is 0 Å². The van der Waals surface area contributed by atoms with Crippen LogP contribution in [0.3, 0.4) is 0 Å². The SMILES string of the molecule is C[Si]1(C)c2ccccc2-c2cccc(-c3cccc(-c4ccc(-c5cc[c-]c(-c6ccccn6)c5)cc4)c3)c21.[Ir].[c-]1ccccc1-c1ccccn1. The van der Waals surface area contributed by atoms with Crippen molar-refractivity contribution in [3.05, 3.63) is 194 Å². The van der Waals surface area contributed by atoms with E-state index in [1.807, 2.05) is 72.9 Å². The summed E-state index contributed by atoms with van der Waals surface area (Å²) in [4.78, 5) is 8.70. The Morgan fingerprint density at radius 1 is 0.423 bits per heavy atom. The zero-order valence-corrected chi connectivity index (χ0v) is 32.4. The first kappa shape index (κ1) is 34.9. The van der Waals surface area contributed by atoms with Crippen LogP contribution in [0.1, 0.15) is 0 Å². The Kier molecular flexibility index (Phi) is 10.3. The summed E-state index contributed by atoms with van der Waals surface area (Å²) in [6.07, 6.45) is 3.61. The molecule has 0 unspecified atom stereocenters. The van der Waals surface area contributed by atoms with Crippen LogP contribution < -0.4 is 10.4 Å². The van der Waals surface area contributed by atoms with Crippen LogP contribution in [0.2, 0.25) is 13.1 Å². The molecule has 9 rings (SSSR count). The second-order valence-corrected chi connectivity index (χ2v) is 17.5. The quantitative estimate of drug-likeness (QED) is 0.127. The Balaban J connectivity index is 0.000000275. The standard InChI is InChI=1S/C37H28NSi.C11H8N.Ir/c1-39(2)36-18-4-3-14-33(36)34-16-9-15-32(37(34)39)30-12-7-10-28(24-30)26-19-21-27(22-20-26)29-11-8-13-31(25-29)35-17-5-6-23-38-35;1-2-6-10(7-3-1)11-8-4-5-9-12-11;/h3-12,14-25H,1-2H3;1-6,8-9H;/q2*-1;. The second kappa shape index (κ2) is 15.4. The molecule has 0 bridgehead atoms. The Hall–Kier alpha value is -5.51. The number of rotatable bonds is 5. The Morgan fingerprint density at radius 2 is 1.00 bits per heavy atom. The third-order valence-corrected chi connectivity index (χ3v) is 13.3. The van der Waals surface area contributed by atoms with Crippen molar-refractivity contribution < 1.29 is 20.1 Å². The normalized spacial score (nSPS) is 12.0. The van der Waals surface area contributed by atoms with E-state index >= 15 is 0 Å². The first-order chi connectivity index (χ1) is 25.1. The molecule has 0 N–H and O–H groups in total. The summed E-state index contributed by atoms with van der Waals surface area (Å²) in [5, 5.41) is 3.10. The third kappa shape index (κ3) is 7.02. The summed E-state index contributed by atoms with van der Waals surface area (Å²) in [6, 6.07) is 66.1. The second-order valence-electron chi connectivity index (χ2n) is 13.3. The molecule has 0 saturated heterocycles.